The van der Waals surface area contributed by atoms with Crippen LogP contribution in [0.25, 0.3) is 17.0 Å². The molecule has 0 N–H and O–H groups in total. The van der Waals surface area contributed by atoms with Gasteiger partial charge in [0.15, 0.2) is 9.75 Å². The number of carbonyl (C=O) groups is 1. The molecule has 0 atom stereocenters. The van der Waals surface area contributed by atoms with Crippen LogP contribution >= 0.6 is 35.6 Å². The van der Waals surface area contributed by atoms with Crippen molar-refractivity contribution in [2.75, 3.05) is 4.90 Å². The van der Waals surface area contributed by atoms with Crippen LogP contribution in [-0.4, -0.2) is 10.2 Å². The largest absolute Gasteiger partial charge is 0.463 e. The Labute approximate surface area is 167 Å². The second-order valence-electron chi connectivity index (χ2n) is 5.63. The van der Waals surface area contributed by atoms with Gasteiger partial charge < -0.3 is 4.42 Å². The maximum Gasteiger partial charge on any atom is 0.270 e. The van der Waals surface area contributed by atoms with Crippen LogP contribution in [0.15, 0.2) is 62.8 Å². The number of halogens is 2. The molecule has 0 unspecified atom stereocenters. The third-order valence-electron chi connectivity index (χ3n) is 3.95. The Kier molecular flexibility index (Phi) is 4.59. The highest BCUT2D eigenvalue weighted by Crippen LogP contribution is 2.37. The van der Waals surface area contributed by atoms with E-state index in [1.807, 2.05) is 0 Å². The molecule has 0 spiro atoms. The van der Waals surface area contributed by atoms with E-state index in [1.165, 1.54) is 29.4 Å². The molecule has 27 heavy (non-hydrogen) atoms. The third-order valence-corrected chi connectivity index (χ3v) is 5.54. The quantitative estimate of drug-likeness (QED) is 0.434. The molecule has 4 rings (SSSR count). The maximum atomic E-state index is 13.4. The summed E-state index contributed by atoms with van der Waals surface area (Å²) in [5, 5.41) is 0.313. The molecule has 2 aromatic carbocycles. The molecule has 1 aliphatic rings. The Morgan fingerprint density at radius 2 is 1.96 bits per heavy atom. The first-order valence-electron chi connectivity index (χ1n) is 7.69. The minimum atomic E-state index is -0.588. The van der Waals surface area contributed by atoms with Crippen molar-refractivity contribution in [3.63, 3.8) is 0 Å². The van der Waals surface area contributed by atoms with Gasteiger partial charge in [-0.3, -0.25) is 14.5 Å². The molecule has 1 saturated heterocycles. The van der Waals surface area contributed by atoms with E-state index in [1.54, 1.807) is 24.3 Å². The van der Waals surface area contributed by atoms with Crippen LogP contribution in [0.2, 0.25) is 5.02 Å². The first-order valence-corrected chi connectivity index (χ1v) is 9.29. The lowest BCUT2D eigenvalue weighted by Crippen LogP contribution is -2.27. The summed E-state index contributed by atoms with van der Waals surface area (Å²) < 4.78 is 19.1. The van der Waals surface area contributed by atoms with E-state index in [2.05, 4.69) is 0 Å². The smallest absolute Gasteiger partial charge is 0.270 e. The predicted octanol–water partition coefficient (Wildman–Crippen LogP) is 4.99. The number of amides is 1. The van der Waals surface area contributed by atoms with Crippen LogP contribution in [0, 0.1) is 5.82 Å². The van der Waals surface area contributed by atoms with Crippen molar-refractivity contribution in [2.24, 2.45) is 0 Å². The molecule has 0 radical (unpaired) electrons. The zero-order valence-corrected chi connectivity index (χ0v) is 15.8. The van der Waals surface area contributed by atoms with Gasteiger partial charge in [0.2, 0.25) is 0 Å². The standard InChI is InChI=1S/C19H9ClFNO3S2/c20-13-8-11(5-6-14(13)21)22-18(24)16(27-19(22)26)7-10-9-25-15-4-2-1-3-12(15)17(10)23/h1-9H. The van der Waals surface area contributed by atoms with Gasteiger partial charge in [0.1, 0.15) is 17.7 Å². The molecule has 0 bridgehead atoms. The summed E-state index contributed by atoms with van der Waals surface area (Å²) in [5.41, 5.74) is 0.823. The monoisotopic (exact) mass is 417 g/mol. The number of anilines is 1. The first-order chi connectivity index (χ1) is 13.0. The minimum Gasteiger partial charge on any atom is -0.463 e. The van der Waals surface area contributed by atoms with E-state index in [0.717, 1.165) is 17.8 Å². The second kappa shape index (κ2) is 6.92. The van der Waals surface area contributed by atoms with Gasteiger partial charge in [-0.1, -0.05) is 47.7 Å². The number of hydrogen-bond acceptors (Lipinski definition) is 5. The Morgan fingerprint density at radius 1 is 1.19 bits per heavy atom. The van der Waals surface area contributed by atoms with Crippen LogP contribution in [-0.2, 0) is 4.79 Å². The number of hydrogen-bond donors (Lipinski definition) is 0. The zero-order valence-electron chi connectivity index (χ0n) is 13.4. The molecule has 3 aromatic rings. The number of nitrogens with zero attached hydrogens (tertiary/aromatic N) is 1. The van der Waals surface area contributed by atoms with Gasteiger partial charge in [0.05, 0.1) is 26.6 Å². The fraction of sp³-hybridized carbons (Fsp3) is 0. The van der Waals surface area contributed by atoms with E-state index in [9.17, 15) is 14.0 Å². The van der Waals surface area contributed by atoms with E-state index in [-0.39, 0.29) is 25.2 Å². The molecule has 0 saturated carbocycles. The summed E-state index contributed by atoms with van der Waals surface area (Å²) in [6.45, 7) is 0. The highest BCUT2D eigenvalue weighted by atomic mass is 35.5. The Morgan fingerprint density at radius 3 is 2.74 bits per heavy atom. The molecular weight excluding hydrogens is 409 g/mol. The van der Waals surface area contributed by atoms with Gasteiger partial charge in [-0.2, -0.15) is 0 Å². The van der Waals surface area contributed by atoms with Crippen LogP contribution in [0.3, 0.4) is 0 Å². The van der Waals surface area contributed by atoms with E-state index < -0.39 is 11.7 Å². The number of thioether (sulfide) groups is 1. The normalized spacial score (nSPS) is 15.9. The van der Waals surface area contributed by atoms with Crippen LogP contribution in [0.5, 0.6) is 0 Å². The predicted molar refractivity (Wildman–Crippen MR) is 110 cm³/mol. The number of fused-ring (bicyclic) bond motifs is 1. The van der Waals surface area contributed by atoms with Crippen molar-refractivity contribution in [1.29, 1.82) is 0 Å². The lowest BCUT2D eigenvalue weighted by molar-refractivity contribution is -0.113. The summed E-state index contributed by atoms with van der Waals surface area (Å²) >= 11 is 12.1. The Hall–Kier alpha value is -2.48. The average Bonchev–Trinajstić information content (AvgIpc) is 2.93. The third kappa shape index (κ3) is 3.18. The van der Waals surface area contributed by atoms with Crippen LogP contribution in [0.4, 0.5) is 10.1 Å². The molecule has 1 aromatic heterocycles. The van der Waals surface area contributed by atoms with Crippen LogP contribution in [0.1, 0.15) is 5.56 Å². The number of carbonyl (C=O) groups excluding carboxylic acids is 1. The minimum absolute atomic E-state index is 0.110. The van der Waals surface area contributed by atoms with E-state index in [4.69, 9.17) is 28.2 Å². The van der Waals surface area contributed by atoms with Gasteiger partial charge >= 0.3 is 0 Å². The van der Waals surface area contributed by atoms with Crippen molar-refractivity contribution in [2.45, 2.75) is 0 Å². The fourth-order valence-electron chi connectivity index (χ4n) is 2.65. The number of thiocarbonyl (C=S) groups is 1. The molecule has 4 nitrogen and oxygen atoms in total. The molecule has 0 aliphatic carbocycles. The number of para-hydroxylation sites is 1. The second-order valence-corrected chi connectivity index (χ2v) is 7.71. The highest BCUT2D eigenvalue weighted by molar-refractivity contribution is 8.27. The number of rotatable bonds is 2. The molecule has 134 valence electrons. The molecule has 1 fully saturated rings. The van der Waals surface area contributed by atoms with Crippen molar-refractivity contribution in [3.05, 3.63) is 80.3 Å². The van der Waals surface area contributed by atoms with Gasteiger partial charge in [0.25, 0.3) is 5.91 Å². The summed E-state index contributed by atoms with van der Waals surface area (Å²) in [5.74, 6) is -1.00. The van der Waals surface area contributed by atoms with Crippen molar-refractivity contribution in [1.82, 2.24) is 0 Å². The van der Waals surface area contributed by atoms with E-state index in [0.29, 0.717) is 16.7 Å². The van der Waals surface area contributed by atoms with Crippen LogP contribution < -0.4 is 10.3 Å². The zero-order chi connectivity index (χ0) is 19.1. The van der Waals surface area contributed by atoms with Gasteiger partial charge in [-0.15, -0.1) is 0 Å². The number of benzene rings is 2. The SMILES string of the molecule is O=C1C(=Cc2coc3ccccc3c2=O)SC(=S)N1c1ccc(F)c(Cl)c1. The Balaban J connectivity index is 1.74. The molecule has 8 heteroatoms. The van der Waals surface area contributed by atoms with Gasteiger partial charge in [-0.25, -0.2) is 4.39 Å². The lowest BCUT2D eigenvalue weighted by Gasteiger charge is -2.14. The van der Waals surface area contributed by atoms with Crippen molar-refractivity contribution >= 4 is 68.5 Å². The highest BCUT2D eigenvalue weighted by Gasteiger charge is 2.33. The fourth-order valence-corrected chi connectivity index (χ4v) is 4.11. The van der Waals surface area contributed by atoms with Gasteiger partial charge in [0, 0.05) is 0 Å². The summed E-state index contributed by atoms with van der Waals surface area (Å²) in [6.07, 6.45) is 2.76. The molecule has 1 aliphatic heterocycles. The molecular formula is C19H9ClFNO3S2. The first kappa shape index (κ1) is 17.9. The average molecular weight is 418 g/mol. The van der Waals surface area contributed by atoms with Crippen molar-refractivity contribution in [3.8, 4) is 0 Å². The van der Waals surface area contributed by atoms with Gasteiger partial charge in [-0.05, 0) is 36.4 Å². The topological polar surface area (TPSA) is 50.5 Å². The molecule has 2 heterocycles. The lowest BCUT2D eigenvalue weighted by atomic mass is 10.1. The van der Waals surface area contributed by atoms with Crippen molar-refractivity contribution < 1.29 is 13.6 Å². The summed E-state index contributed by atoms with van der Waals surface area (Å²) in [6, 6.07) is 10.8. The Bertz CT molecular complexity index is 1210. The molecule has 1 amide bonds. The van der Waals surface area contributed by atoms with E-state index >= 15 is 0 Å². The maximum absolute atomic E-state index is 13.4. The summed E-state index contributed by atoms with van der Waals surface area (Å²) in [4.78, 5) is 26.9. The summed E-state index contributed by atoms with van der Waals surface area (Å²) in [7, 11) is 0.